The Morgan fingerprint density at radius 1 is 1.25 bits per heavy atom. The van der Waals surface area contributed by atoms with Gasteiger partial charge in [0.15, 0.2) is 0 Å². The number of rotatable bonds is 3. The molecule has 1 aromatic carbocycles. The summed E-state index contributed by atoms with van der Waals surface area (Å²) < 4.78 is 13.0. The Labute approximate surface area is 117 Å². The lowest BCUT2D eigenvalue weighted by molar-refractivity contribution is -0.134. The average molecular weight is 276 g/mol. The predicted molar refractivity (Wildman–Crippen MR) is 72.6 cm³/mol. The lowest BCUT2D eigenvalue weighted by Gasteiger charge is -2.38. The second kappa shape index (κ2) is 4.89. The summed E-state index contributed by atoms with van der Waals surface area (Å²) in [5, 5.41) is 2.84. The minimum atomic E-state index is -0.511. The lowest BCUT2D eigenvalue weighted by Crippen LogP contribution is -2.64. The molecule has 1 aromatic rings. The van der Waals surface area contributed by atoms with Crippen LogP contribution in [0, 0.1) is 11.7 Å². The third kappa shape index (κ3) is 2.17. The summed E-state index contributed by atoms with van der Waals surface area (Å²) in [7, 11) is 0. The number of carbonyl (C=O) groups is 2. The summed E-state index contributed by atoms with van der Waals surface area (Å²) in [6.45, 7) is 1.87. The van der Waals surface area contributed by atoms with E-state index in [0.717, 1.165) is 12.8 Å². The summed E-state index contributed by atoms with van der Waals surface area (Å²) in [5.41, 5.74) is 0.587. The van der Waals surface area contributed by atoms with Crippen LogP contribution in [0.4, 0.5) is 10.1 Å². The molecule has 20 heavy (non-hydrogen) atoms. The molecule has 0 bridgehead atoms. The average Bonchev–Trinajstić information content (AvgIpc) is 3.26. The smallest absolute Gasteiger partial charge is 0.250 e. The van der Waals surface area contributed by atoms with E-state index >= 15 is 0 Å². The van der Waals surface area contributed by atoms with Gasteiger partial charge in [-0.15, -0.1) is 0 Å². The number of benzene rings is 1. The van der Waals surface area contributed by atoms with E-state index in [1.54, 1.807) is 12.1 Å². The van der Waals surface area contributed by atoms with E-state index < -0.39 is 12.1 Å². The molecule has 2 unspecified atom stereocenters. The first-order valence-corrected chi connectivity index (χ1v) is 7.01. The zero-order chi connectivity index (χ0) is 14.3. The lowest BCUT2D eigenvalue weighted by atomic mass is 10.0. The van der Waals surface area contributed by atoms with Gasteiger partial charge in [-0.1, -0.05) is 6.92 Å². The monoisotopic (exact) mass is 276 g/mol. The first-order valence-electron chi connectivity index (χ1n) is 7.01. The van der Waals surface area contributed by atoms with Gasteiger partial charge in [-0.05, 0) is 49.4 Å². The minimum Gasteiger partial charge on any atom is -0.342 e. The van der Waals surface area contributed by atoms with E-state index in [1.165, 1.54) is 17.0 Å². The van der Waals surface area contributed by atoms with Crippen LogP contribution in [0.15, 0.2) is 24.3 Å². The maximum atomic E-state index is 13.0. The molecule has 0 aromatic heterocycles. The molecular weight excluding hydrogens is 259 g/mol. The second-order valence-corrected chi connectivity index (χ2v) is 5.43. The van der Waals surface area contributed by atoms with Gasteiger partial charge in [-0.3, -0.25) is 14.5 Å². The van der Waals surface area contributed by atoms with Crippen molar-refractivity contribution in [3.05, 3.63) is 30.1 Å². The highest BCUT2D eigenvalue weighted by molar-refractivity contribution is 6.08. The number of nitrogens with one attached hydrogen (secondary N) is 1. The molecule has 0 spiro atoms. The molecule has 2 atom stereocenters. The third-order valence-corrected chi connectivity index (χ3v) is 4.00. The SMILES string of the molecule is CCC1C(=O)NC(C2CC2)C(=O)N1c1ccc(F)cc1. The number of nitrogens with zero attached hydrogens (tertiary/aromatic N) is 1. The van der Waals surface area contributed by atoms with Crippen molar-refractivity contribution < 1.29 is 14.0 Å². The van der Waals surface area contributed by atoms with Crippen LogP contribution in [-0.2, 0) is 9.59 Å². The third-order valence-electron chi connectivity index (χ3n) is 4.00. The summed E-state index contributed by atoms with van der Waals surface area (Å²) in [5.74, 6) is -0.291. The van der Waals surface area contributed by atoms with Crippen LogP contribution >= 0.6 is 0 Å². The summed E-state index contributed by atoms with van der Waals surface area (Å²) in [6, 6.07) is 4.80. The van der Waals surface area contributed by atoms with Crippen molar-refractivity contribution in [1.82, 2.24) is 5.32 Å². The summed E-state index contributed by atoms with van der Waals surface area (Å²) in [6.07, 6.45) is 2.49. The Hall–Kier alpha value is -1.91. The van der Waals surface area contributed by atoms with Gasteiger partial charge in [0.1, 0.15) is 17.9 Å². The molecule has 1 aliphatic heterocycles. The first kappa shape index (κ1) is 13.1. The van der Waals surface area contributed by atoms with E-state index in [4.69, 9.17) is 0 Å². The van der Waals surface area contributed by atoms with Gasteiger partial charge in [0, 0.05) is 5.69 Å². The Bertz CT molecular complexity index is 539. The summed E-state index contributed by atoms with van der Waals surface area (Å²) in [4.78, 5) is 26.3. The van der Waals surface area contributed by atoms with Crippen LogP contribution in [0.3, 0.4) is 0 Å². The standard InChI is InChI=1S/C15H17FN2O2/c1-2-12-14(19)17-13(9-3-4-9)15(20)18(12)11-7-5-10(16)6-8-11/h5-9,12-13H,2-4H2,1H3,(H,17,19). The molecular formula is C15H17FN2O2. The van der Waals surface area contributed by atoms with Crippen LogP contribution < -0.4 is 10.2 Å². The molecule has 2 aliphatic rings. The number of halogens is 1. The van der Waals surface area contributed by atoms with E-state index in [1.807, 2.05) is 6.92 Å². The van der Waals surface area contributed by atoms with Crippen LogP contribution in [0.1, 0.15) is 26.2 Å². The first-order chi connectivity index (χ1) is 9.61. The molecule has 2 fully saturated rings. The topological polar surface area (TPSA) is 49.4 Å². The van der Waals surface area contributed by atoms with Gasteiger partial charge >= 0.3 is 0 Å². The fraction of sp³-hybridized carbons (Fsp3) is 0.467. The molecule has 1 saturated heterocycles. The largest absolute Gasteiger partial charge is 0.342 e. The number of hydrogen-bond donors (Lipinski definition) is 1. The Kier molecular flexibility index (Phi) is 3.20. The van der Waals surface area contributed by atoms with Crippen molar-refractivity contribution in [3.8, 4) is 0 Å². The van der Waals surface area contributed by atoms with E-state index in [-0.39, 0.29) is 23.5 Å². The maximum Gasteiger partial charge on any atom is 0.250 e. The fourth-order valence-corrected chi connectivity index (χ4v) is 2.76. The molecule has 4 nitrogen and oxygen atoms in total. The molecule has 0 radical (unpaired) electrons. The molecule has 2 amide bonds. The zero-order valence-corrected chi connectivity index (χ0v) is 11.3. The van der Waals surface area contributed by atoms with Gasteiger partial charge < -0.3 is 5.32 Å². The van der Waals surface area contributed by atoms with Crippen LogP contribution in [-0.4, -0.2) is 23.9 Å². The summed E-state index contributed by atoms with van der Waals surface area (Å²) >= 11 is 0. The number of carbonyl (C=O) groups excluding carboxylic acids is 2. The number of anilines is 1. The molecule has 3 rings (SSSR count). The van der Waals surface area contributed by atoms with Gasteiger partial charge in [0.2, 0.25) is 5.91 Å². The number of hydrogen-bond acceptors (Lipinski definition) is 2. The highest BCUT2D eigenvalue weighted by Gasteiger charge is 2.46. The predicted octanol–water partition coefficient (Wildman–Crippen LogP) is 1.85. The van der Waals surface area contributed by atoms with Crippen LogP contribution in [0.5, 0.6) is 0 Å². The quantitative estimate of drug-likeness (QED) is 0.916. The van der Waals surface area contributed by atoms with Crippen LogP contribution in [0.25, 0.3) is 0 Å². The molecule has 1 N–H and O–H groups in total. The van der Waals surface area contributed by atoms with E-state index in [0.29, 0.717) is 12.1 Å². The molecule has 1 aliphatic carbocycles. The normalized spacial score (nSPS) is 26.6. The van der Waals surface area contributed by atoms with Gasteiger partial charge in [-0.25, -0.2) is 4.39 Å². The molecule has 1 heterocycles. The fourth-order valence-electron chi connectivity index (χ4n) is 2.76. The van der Waals surface area contributed by atoms with Crippen molar-refractivity contribution in [2.45, 2.75) is 38.3 Å². The molecule has 1 saturated carbocycles. The van der Waals surface area contributed by atoms with Crippen molar-refractivity contribution >= 4 is 17.5 Å². The van der Waals surface area contributed by atoms with Crippen molar-refractivity contribution in [2.24, 2.45) is 5.92 Å². The van der Waals surface area contributed by atoms with Crippen molar-refractivity contribution in [2.75, 3.05) is 4.90 Å². The van der Waals surface area contributed by atoms with Gasteiger partial charge in [0.05, 0.1) is 0 Å². The highest BCUT2D eigenvalue weighted by atomic mass is 19.1. The van der Waals surface area contributed by atoms with E-state index in [2.05, 4.69) is 5.32 Å². The van der Waals surface area contributed by atoms with Crippen molar-refractivity contribution in [3.63, 3.8) is 0 Å². The van der Waals surface area contributed by atoms with Gasteiger partial charge in [0.25, 0.3) is 5.91 Å². The Morgan fingerprint density at radius 3 is 2.45 bits per heavy atom. The van der Waals surface area contributed by atoms with Crippen LogP contribution in [0.2, 0.25) is 0 Å². The number of amides is 2. The molecule has 106 valence electrons. The number of piperazine rings is 1. The van der Waals surface area contributed by atoms with E-state index in [9.17, 15) is 14.0 Å². The Balaban J connectivity index is 1.95. The Morgan fingerprint density at radius 2 is 1.90 bits per heavy atom. The second-order valence-electron chi connectivity index (χ2n) is 5.43. The zero-order valence-electron chi connectivity index (χ0n) is 11.3. The van der Waals surface area contributed by atoms with Gasteiger partial charge in [-0.2, -0.15) is 0 Å². The minimum absolute atomic E-state index is 0.0782. The van der Waals surface area contributed by atoms with Crippen molar-refractivity contribution in [1.29, 1.82) is 0 Å². The highest BCUT2D eigenvalue weighted by Crippen LogP contribution is 2.36. The molecule has 5 heteroatoms. The maximum absolute atomic E-state index is 13.0.